The zero-order chi connectivity index (χ0) is 4.24. The van der Waals surface area contributed by atoms with Gasteiger partial charge in [0.15, 0.2) is 0 Å². The number of hydrogen-bond acceptors (Lipinski definition) is 0. The summed E-state index contributed by atoms with van der Waals surface area (Å²) in [6, 6.07) is 12.0. The molecule has 0 heterocycles. The summed E-state index contributed by atoms with van der Waals surface area (Å²) in [5.41, 5.74) is 0. The molecule has 4 radical (unpaired) electrons. The van der Waals surface area contributed by atoms with Crippen LogP contribution in [0.15, 0.2) is 36.4 Å². The minimum absolute atomic E-state index is 0. The SMILES string of the molecule is [Sn].c1ccccc1. The van der Waals surface area contributed by atoms with E-state index in [1.807, 2.05) is 36.4 Å². The monoisotopic (exact) mass is 198 g/mol. The van der Waals surface area contributed by atoms with Crippen molar-refractivity contribution in [2.24, 2.45) is 0 Å². The van der Waals surface area contributed by atoms with E-state index < -0.39 is 0 Å². The van der Waals surface area contributed by atoms with Crippen molar-refractivity contribution in [3.8, 4) is 0 Å². The van der Waals surface area contributed by atoms with Gasteiger partial charge in [0.05, 0.1) is 0 Å². The first-order chi connectivity index (χ1) is 3.00. The Hall–Kier alpha value is 0.0187. The summed E-state index contributed by atoms with van der Waals surface area (Å²) in [4.78, 5) is 0. The molecule has 0 atom stereocenters. The third-order valence-electron chi connectivity index (χ3n) is 0.667. The maximum absolute atomic E-state index is 2.00. The van der Waals surface area contributed by atoms with E-state index in [0.717, 1.165) is 0 Å². The molecule has 1 heteroatoms. The largest absolute Gasteiger partial charge is 0.0623 e. The second kappa shape index (κ2) is 4.18. The minimum Gasteiger partial charge on any atom is -0.0623 e. The molecule has 0 aliphatic rings. The van der Waals surface area contributed by atoms with Crippen molar-refractivity contribution in [2.75, 3.05) is 0 Å². The summed E-state index contributed by atoms with van der Waals surface area (Å²) in [6.07, 6.45) is 0. The fourth-order valence-corrected chi connectivity index (χ4v) is 0.385. The second-order valence-electron chi connectivity index (χ2n) is 1.15. The molecule has 0 fully saturated rings. The van der Waals surface area contributed by atoms with Crippen molar-refractivity contribution in [2.45, 2.75) is 0 Å². The molecular formula is C6H6Sn. The first-order valence-corrected chi connectivity index (χ1v) is 2.00. The van der Waals surface area contributed by atoms with Crippen molar-refractivity contribution in [3.05, 3.63) is 36.4 Å². The average Bonchev–Trinajstić information content (AvgIpc) is 1.72. The molecule has 1 aromatic carbocycles. The Morgan fingerprint density at radius 3 is 0.714 bits per heavy atom. The van der Waals surface area contributed by atoms with E-state index in [0.29, 0.717) is 0 Å². The van der Waals surface area contributed by atoms with Gasteiger partial charge in [0.25, 0.3) is 0 Å². The van der Waals surface area contributed by atoms with Crippen LogP contribution < -0.4 is 0 Å². The van der Waals surface area contributed by atoms with Crippen LogP contribution in [0, 0.1) is 0 Å². The summed E-state index contributed by atoms with van der Waals surface area (Å²) in [5.74, 6) is 0. The second-order valence-corrected chi connectivity index (χ2v) is 1.15. The van der Waals surface area contributed by atoms with Gasteiger partial charge in [0, 0.05) is 23.9 Å². The van der Waals surface area contributed by atoms with E-state index in [4.69, 9.17) is 0 Å². The van der Waals surface area contributed by atoms with Gasteiger partial charge in [-0.1, -0.05) is 36.4 Å². The zero-order valence-electron chi connectivity index (χ0n) is 3.96. The molecule has 1 rings (SSSR count). The molecule has 0 amide bonds. The van der Waals surface area contributed by atoms with Crippen LogP contribution in [-0.4, -0.2) is 23.9 Å². The van der Waals surface area contributed by atoms with Crippen LogP contribution in [0.3, 0.4) is 0 Å². The number of benzene rings is 1. The molecule has 0 nitrogen and oxygen atoms in total. The van der Waals surface area contributed by atoms with E-state index in [2.05, 4.69) is 0 Å². The quantitative estimate of drug-likeness (QED) is 0.549. The van der Waals surface area contributed by atoms with E-state index in [-0.39, 0.29) is 23.9 Å². The summed E-state index contributed by atoms with van der Waals surface area (Å²) < 4.78 is 0. The average molecular weight is 197 g/mol. The van der Waals surface area contributed by atoms with Gasteiger partial charge >= 0.3 is 0 Å². The van der Waals surface area contributed by atoms with Crippen molar-refractivity contribution >= 4 is 23.9 Å². The van der Waals surface area contributed by atoms with Gasteiger partial charge in [-0.3, -0.25) is 0 Å². The van der Waals surface area contributed by atoms with Crippen LogP contribution in [0.25, 0.3) is 0 Å². The Morgan fingerprint density at radius 1 is 0.429 bits per heavy atom. The van der Waals surface area contributed by atoms with Gasteiger partial charge < -0.3 is 0 Å². The van der Waals surface area contributed by atoms with Gasteiger partial charge in [-0.25, -0.2) is 0 Å². The summed E-state index contributed by atoms with van der Waals surface area (Å²) >= 11 is 0. The molecule has 0 spiro atoms. The van der Waals surface area contributed by atoms with Gasteiger partial charge in [0.2, 0.25) is 0 Å². The predicted molar refractivity (Wildman–Crippen MR) is 32.2 cm³/mol. The molecule has 0 bridgehead atoms. The maximum Gasteiger partial charge on any atom is 0 e. The molecule has 7 heavy (non-hydrogen) atoms. The molecule has 0 saturated carbocycles. The van der Waals surface area contributed by atoms with Gasteiger partial charge in [-0.05, 0) is 0 Å². The minimum atomic E-state index is 0. The fourth-order valence-electron chi connectivity index (χ4n) is 0.385. The van der Waals surface area contributed by atoms with Crippen LogP contribution in [0.5, 0.6) is 0 Å². The van der Waals surface area contributed by atoms with E-state index >= 15 is 0 Å². The molecule has 0 saturated heterocycles. The van der Waals surface area contributed by atoms with E-state index in [9.17, 15) is 0 Å². The molecular weight excluding hydrogens is 191 g/mol. The molecule has 34 valence electrons. The first kappa shape index (κ1) is 7.02. The first-order valence-electron chi connectivity index (χ1n) is 2.00. The normalized spacial score (nSPS) is 6.86. The number of rotatable bonds is 0. The van der Waals surface area contributed by atoms with Crippen LogP contribution >= 0.6 is 0 Å². The van der Waals surface area contributed by atoms with Crippen LogP contribution in [0.1, 0.15) is 0 Å². The Balaban J connectivity index is 0.000000360. The fraction of sp³-hybridized carbons (Fsp3) is 0. The van der Waals surface area contributed by atoms with Crippen molar-refractivity contribution in [3.63, 3.8) is 0 Å². The summed E-state index contributed by atoms with van der Waals surface area (Å²) in [5, 5.41) is 0. The third-order valence-corrected chi connectivity index (χ3v) is 0.667. The zero-order valence-corrected chi connectivity index (χ0v) is 6.82. The van der Waals surface area contributed by atoms with Crippen molar-refractivity contribution < 1.29 is 0 Å². The van der Waals surface area contributed by atoms with Crippen molar-refractivity contribution in [1.29, 1.82) is 0 Å². The standard InChI is InChI=1S/C6H6.Sn/c1-2-4-6-5-3-1;/h1-6H;. The van der Waals surface area contributed by atoms with Crippen LogP contribution in [0.2, 0.25) is 0 Å². The van der Waals surface area contributed by atoms with Gasteiger partial charge in [0.1, 0.15) is 0 Å². The topological polar surface area (TPSA) is 0 Å². The maximum atomic E-state index is 2.00. The van der Waals surface area contributed by atoms with Gasteiger partial charge in [-0.2, -0.15) is 0 Å². The summed E-state index contributed by atoms with van der Waals surface area (Å²) in [7, 11) is 0. The predicted octanol–water partition coefficient (Wildman–Crippen LogP) is 1.31. The number of hydrogen-bond donors (Lipinski definition) is 0. The molecule has 0 aliphatic heterocycles. The molecule has 0 aliphatic carbocycles. The van der Waals surface area contributed by atoms with Gasteiger partial charge in [-0.15, -0.1) is 0 Å². The molecule has 0 N–H and O–H groups in total. The van der Waals surface area contributed by atoms with Crippen LogP contribution in [0.4, 0.5) is 0 Å². The Labute approximate surface area is 60.5 Å². The smallest absolute Gasteiger partial charge is 0 e. The van der Waals surface area contributed by atoms with Crippen LogP contribution in [-0.2, 0) is 0 Å². The Bertz CT molecular complexity index is 76.1. The third kappa shape index (κ3) is 2.68. The van der Waals surface area contributed by atoms with Crippen molar-refractivity contribution in [1.82, 2.24) is 0 Å². The Morgan fingerprint density at radius 2 is 0.571 bits per heavy atom. The molecule has 1 aromatic rings. The molecule has 0 unspecified atom stereocenters. The van der Waals surface area contributed by atoms with E-state index in [1.54, 1.807) is 0 Å². The Kier molecular flexibility index (Phi) is 4.20. The molecule has 0 aromatic heterocycles. The van der Waals surface area contributed by atoms with E-state index in [1.165, 1.54) is 0 Å². The summed E-state index contributed by atoms with van der Waals surface area (Å²) in [6.45, 7) is 0.